The minimum absolute atomic E-state index is 0.0177. The maximum Gasteiger partial charge on any atom is 0.450 e. The molecule has 0 saturated heterocycles. The standard InChI is InChI=1S/C17H14F3N5O2/c1-27-10-4-5-12-11(6-10)23-16(17(18,19)20)25(12)14-8-21-13(7-22-14)24-15(26)9-2-3-9/h4-9H,2-3H2,1H3,(H,21,24,26). The smallest absolute Gasteiger partial charge is 0.450 e. The van der Waals surface area contributed by atoms with Gasteiger partial charge in [-0.05, 0) is 25.0 Å². The maximum atomic E-state index is 13.5. The number of benzene rings is 1. The van der Waals surface area contributed by atoms with Crippen LogP contribution in [0.25, 0.3) is 16.9 Å². The first-order valence-electron chi connectivity index (χ1n) is 8.14. The number of hydrogen-bond acceptors (Lipinski definition) is 5. The number of nitrogens with one attached hydrogen (secondary N) is 1. The summed E-state index contributed by atoms with van der Waals surface area (Å²) in [6, 6.07) is 4.43. The minimum atomic E-state index is -4.69. The predicted molar refractivity (Wildman–Crippen MR) is 89.6 cm³/mol. The topological polar surface area (TPSA) is 81.9 Å². The number of nitrogens with zero attached hydrogens (tertiary/aromatic N) is 4. The van der Waals surface area contributed by atoms with E-state index in [0.717, 1.165) is 17.4 Å². The van der Waals surface area contributed by atoms with E-state index in [1.165, 1.54) is 31.6 Å². The van der Waals surface area contributed by atoms with Crippen molar-refractivity contribution in [3.8, 4) is 11.6 Å². The number of fused-ring (bicyclic) bond motifs is 1. The normalized spacial score (nSPS) is 14.4. The molecular weight excluding hydrogens is 363 g/mol. The molecule has 3 aromatic rings. The molecule has 1 fully saturated rings. The molecular formula is C17H14F3N5O2. The highest BCUT2D eigenvalue weighted by molar-refractivity contribution is 5.93. The van der Waals surface area contributed by atoms with E-state index < -0.39 is 12.0 Å². The number of carbonyl (C=O) groups excluding carboxylic acids is 1. The number of aromatic nitrogens is 4. The van der Waals surface area contributed by atoms with Crippen molar-refractivity contribution in [3.63, 3.8) is 0 Å². The molecule has 1 aromatic carbocycles. The van der Waals surface area contributed by atoms with E-state index in [1.54, 1.807) is 6.07 Å². The second kappa shape index (κ2) is 6.22. The molecule has 2 heterocycles. The summed E-state index contributed by atoms with van der Waals surface area (Å²) >= 11 is 0. The predicted octanol–water partition coefficient (Wildman–Crippen LogP) is 3.19. The number of rotatable bonds is 4. The van der Waals surface area contributed by atoms with Crippen LogP contribution >= 0.6 is 0 Å². The van der Waals surface area contributed by atoms with Crippen molar-refractivity contribution < 1.29 is 22.7 Å². The van der Waals surface area contributed by atoms with Gasteiger partial charge in [-0.25, -0.2) is 15.0 Å². The van der Waals surface area contributed by atoms with Crippen molar-refractivity contribution in [1.82, 2.24) is 19.5 Å². The summed E-state index contributed by atoms with van der Waals surface area (Å²) in [5.74, 6) is -0.765. The van der Waals surface area contributed by atoms with Crippen molar-refractivity contribution in [3.05, 3.63) is 36.4 Å². The van der Waals surface area contributed by atoms with Gasteiger partial charge in [-0.1, -0.05) is 0 Å². The number of anilines is 1. The van der Waals surface area contributed by atoms with Crippen LogP contribution in [0.4, 0.5) is 19.0 Å². The van der Waals surface area contributed by atoms with Gasteiger partial charge < -0.3 is 10.1 Å². The van der Waals surface area contributed by atoms with Crippen molar-refractivity contribution in [2.45, 2.75) is 19.0 Å². The lowest BCUT2D eigenvalue weighted by Crippen LogP contribution is -2.16. The maximum absolute atomic E-state index is 13.5. The number of carbonyl (C=O) groups is 1. The lowest BCUT2D eigenvalue weighted by atomic mass is 10.3. The zero-order valence-electron chi connectivity index (χ0n) is 14.1. The molecule has 0 spiro atoms. The molecule has 0 aliphatic heterocycles. The van der Waals surface area contributed by atoms with Gasteiger partial charge in [0, 0.05) is 12.0 Å². The van der Waals surface area contributed by atoms with E-state index in [4.69, 9.17) is 4.74 Å². The van der Waals surface area contributed by atoms with Crippen molar-refractivity contribution >= 4 is 22.8 Å². The van der Waals surface area contributed by atoms with E-state index in [-0.39, 0.29) is 34.5 Å². The number of ether oxygens (including phenoxy) is 1. The lowest BCUT2D eigenvalue weighted by molar-refractivity contribution is -0.145. The summed E-state index contributed by atoms with van der Waals surface area (Å²) in [7, 11) is 1.42. The average Bonchev–Trinajstić information content (AvgIpc) is 3.41. The summed E-state index contributed by atoms with van der Waals surface area (Å²) in [5, 5.41) is 2.60. The summed E-state index contributed by atoms with van der Waals surface area (Å²) in [6.45, 7) is 0. The van der Waals surface area contributed by atoms with Crippen molar-refractivity contribution in [2.75, 3.05) is 12.4 Å². The number of methoxy groups -OCH3 is 1. The number of amides is 1. The van der Waals surface area contributed by atoms with Gasteiger partial charge >= 0.3 is 6.18 Å². The van der Waals surface area contributed by atoms with E-state index in [0.29, 0.717) is 5.75 Å². The third-order valence-electron chi connectivity index (χ3n) is 4.18. The highest BCUT2D eigenvalue weighted by Crippen LogP contribution is 2.34. The van der Waals surface area contributed by atoms with E-state index in [9.17, 15) is 18.0 Å². The van der Waals surface area contributed by atoms with Gasteiger partial charge in [0.2, 0.25) is 11.7 Å². The van der Waals surface area contributed by atoms with Gasteiger partial charge in [-0.2, -0.15) is 13.2 Å². The summed E-state index contributed by atoms with van der Waals surface area (Å²) < 4.78 is 46.4. The first kappa shape index (κ1) is 17.3. The third-order valence-corrected chi connectivity index (χ3v) is 4.18. The number of alkyl halides is 3. The number of halogens is 3. The average molecular weight is 377 g/mol. The zero-order chi connectivity index (χ0) is 19.2. The molecule has 1 aliphatic rings. The number of hydrogen-bond donors (Lipinski definition) is 1. The Bertz CT molecular complexity index is 1010. The molecule has 0 atom stereocenters. The van der Waals surface area contributed by atoms with E-state index >= 15 is 0 Å². The molecule has 10 heteroatoms. The molecule has 0 bridgehead atoms. The van der Waals surface area contributed by atoms with E-state index in [2.05, 4.69) is 20.3 Å². The Morgan fingerprint density at radius 2 is 2.04 bits per heavy atom. The summed E-state index contributed by atoms with van der Waals surface area (Å²) in [6.07, 6.45) is -0.630. The van der Waals surface area contributed by atoms with Crippen molar-refractivity contribution in [1.29, 1.82) is 0 Å². The van der Waals surface area contributed by atoms with Gasteiger partial charge in [0.1, 0.15) is 5.75 Å². The lowest BCUT2D eigenvalue weighted by Gasteiger charge is -2.11. The molecule has 1 aliphatic carbocycles. The van der Waals surface area contributed by atoms with Crippen molar-refractivity contribution in [2.24, 2.45) is 5.92 Å². The molecule has 2 aromatic heterocycles. The Morgan fingerprint density at radius 3 is 2.63 bits per heavy atom. The van der Waals surface area contributed by atoms with Gasteiger partial charge in [0.05, 0.1) is 30.5 Å². The minimum Gasteiger partial charge on any atom is -0.497 e. The van der Waals surface area contributed by atoms with Crippen LogP contribution in [0.5, 0.6) is 5.75 Å². The molecule has 27 heavy (non-hydrogen) atoms. The fraction of sp³-hybridized carbons (Fsp3) is 0.294. The monoisotopic (exact) mass is 377 g/mol. The van der Waals surface area contributed by atoms with Gasteiger partial charge in [0.25, 0.3) is 0 Å². The highest BCUT2D eigenvalue weighted by atomic mass is 19.4. The SMILES string of the molecule is COc1ccc2c(c1)nc(C(F)(F)F)n2-c1cnc(NC(=O)C2CC2)cn1. The Labute approximate surface area is 151 Å². The van der Waals surface area contributed by atoms with Crippen LogP contribution < -0.4 is 10.1 Å². The molecule has 7 nitrogen and oxygen atoms in total. The Balaban J connectivity index is 1.76. The fourth-order valence-corrected chi connectivity index (χ4v) is 2.68. The van der Waals surface area contributed by atoms with Gasteiger partial charge in [-0.3, -0.25) is 9.36 Å². The van der Waals surface area contributed by atoms with E-state index in [1.807, 2.05) is 0 Å². The number of imidazole rings is 1. The fourth-order valence-electron chi connectivity index (χ4n) is 2.68. The van der Waals surface area contributed by atoms with Crippen LogP contribution in [0.15, 0.2) is 30.6 Å². The zero-order valence-corrected chi connectivity index (χ0v) is 14.1. The third kappa shape index (κ3) is 3.29. The second-order valence-electron chi connectivity index (χ2n) is 6.15. The molecule has 1 N–H and O–H groups in total. The highest BCUT2D eigenvalue weighted by Gasteiger charge is 2.38. The van der Waals surface area contributed by atoms with Crippen LogP contribution in [0.2, 0.25) is 0 Å². The first-order valence-corrected chi connectivity index (χ1v) is 8.14. The van der Waals surface area contributed by atoms with Gasteiger partial charge in [-0.15, -0.1) is 0 Å². The summed E-state index contributed by atoms with van der Waals surface area (Å²) in [5.41, 5.74) is 0.335. The molecule has 140 valence electrons. The molecule has 1 amide bonds. The Morgan fingerprint density at radius 1 is 1.26 bits per heavy atom. The van der Waals surface area contributed by atoms with Gasteiger partial charge in [0.15, 0.2) is 11.6 Å². The first-order chi connectivity index (χ1) is 12.9. The van der Waals surface area contributed by atoms with Crippen LogP contribution in [0.1, 0.15) is 18.7 Å². The second-order valence-corrected chi connectivity index (χ2v) is 6.15. The van der Waals surface area contributed by atoms with Crippen LogP contribution in [-0.2, 0) is 11.0 Å². The molecule has 0 radical (unpaired) electrons. The molecule has 4 rings (SSSR count). The molecule has 0 unspecified atom stereocenters. The summed E-state index contributed by atoms with van der Waals surface area (Å²) in [4.78, 5) is 23.5. The molecule has 1 saturated carbocycles. The van der Waals surface area contributed by atoms with Crippen LogP contribution in [0, 0.1) is 5.92 Å². The Hall–Kier alpha value is -3.17. The quantitative estimate of drug-likeness (QED) is 0.755. The van der Waals surface area contributed by atoms with Crippen LogP contribution in [-0.4, -0.2) is 32.5 Å². The largest absolute Gasteiger partial charge is 0.497 e. The Kier molecular flexibility index (Phi) is 3.97. The van der Waals surface area contributed by atoms with Crippen LogP contribution in [0.3, 0.4) is 0 Å².